The number of aryl methyl sites for hydroxylation is 1. The molecule has 0 aliphatic carbocycles. The minimum absolute atomic E-state index is 0.0224. The second-order valence-electron chi connectivity index (χ2n) is 6.23. The molecule has 0 bridgehead atoms. The molecule has 1 fully saturated rings. The van der Waals surface area contributed by atoms with E-state index in [2.05, 4.69) is 11.9 Å². The quantitative estimate of drug-likeness (QED) is 0.816. The molecule has 1 unspecified atom stereocenters. The van der Waals surface area contributed by atoms with Gasteiger partial charge in [0.05, 0.1) is 18.8 Å². The lowest BCUT2D eigenvalue weighted by atomic mass is 9.99. The summed E-state index contributed by atoms with van der Waals surface area (Å²) in [6.45, 7) is 10.2. The first kappa shape index (κ1) is 15.0. The molecular formula is C16H25N2O2+. The van der Waals surface area contributed by atoms with E-state index in [9.17, 15) is 9.59 Å². The van der Waals surface area contributed by atoms with Crippen LogP contribution in [0, 0.1) is 19.8 Å². The number of hydrogen-bond acceptors (Lipinski definition) is 2. The van der Waals surface area contributed by atoms with Crippen molar-refractivity contribution in [3.05, 3.63) is 22.5 Å². The lowest BCUT2D eigenvalue weighted by Crippen LogP contribution is -3.14. The zero-order valence-electron chi connectivity index (χ0n) is 12.9. The number of carbonyl (C=O) groups is 2. The number of aromatic amines is 1. The van der Waals surface area contributed by atoms with Gasteiger partial charge in [-0.2, -0.15) is 0 Å². The van der Waals surface area contributed by atoms with Gasteiger partial charge in [-0.3, -0.25) is 9.59 Å². The molecule has 1 saturated heterocycles. The molecule has 1 aromatic rings. The summed E-state index contributed by atoms with van der Waals surface area (Å²) in [5, 5.41) is 0. The SMILES string of the molecule is CC(=O)c1c(C)[nH]c(C(=O)C[NH+]2CCC[C@H](C)C2)c1C. The first-order chi connectivity index (χ1) is 9.40. The summed E-state index contributed by atoms with van der Waals surface area (Å²) < 4.78 is 0. The molecule has 110 valence electrons. The van der Waals surface area contributed by atoms with Gasteiger partial charge in [0, 0.05) is 17.2 Å². The van der Waals surface area contributed by atoms with Gasteiger partial charge in [0.1, 0.15) is 6.54 Å². The maximum atomic E-state index is 12.5. The Morgan fingerprint density at radius 2 is 2.05 bits per heavy atom. The van der Waals surface area contributed by atoms with Gasteiger partial charge in [-0.1, -0.05) is 6.92 Å². The van der Waals surface area contributed by atoms with Crippen molar-refractivity contribution in [2.45, 2.75) is 40.5 Å². The van der Waals surface area contributed by atoms with E-state index in [1.807, 2.05) is 13.8 Å². The maximum Gasteiger partial charge on any atom is 0.233 e. The van der Waals surface area contributed by atoms with Crippen LogP contribution in [0.1, 0.15) is 58.8 Å². The third-order valence-corrected chi connectivity index (χ3v) is 4.34. The molecule has 0 amide bonds. The molecule has 0 saturated carbocycles. The van der Waals surface area contributed by atoms with Crippen LogP contribution in [-0.4, -0.2) is 36.2 Å². The molecule has 2 rings (SSSR count). The number of ketones is 2. The molecule has 4 heteroatoms. The van der Waals surface area contributed by atoms with Gasteiger partial charge in [-0.15, -0.1) is 0 Å². The van der Waals surface area contributed by atoms with E-state index in [0.717, 1.165) is 24.3 Å². The number of quaternary nitrogens is 1. The monoisotopic (exact) mass is 277 g/mol. The fourth-order valence-corrected chi connectivity index (χ4v) is 3.43. The number of nitrogens with one attached hydrogen (secondary N) is 2. The summed E-state index contributed by atoms with van der Waals surface area (Å²) in [4.78, 5) is 28.6. The van der Waals surface area contributed by atoms with E-state index in [1.165, 1.54) is 17.7 Å². The van der Waals surface area contributed by atoms with Crippen molar-refractivity contribution < 1.29 is 14.5 Å². The second-order valence-corrected chi connectivity index (χ2v) is 6.23. The van der Waals surface area contributed by atoms with Crippen LogP contribution in [0.4, 0.5) is 0 Å². The highest BCUT2D eigenvalue weighted by molar-refractivity contribution is 6.03. The highest BCUT2D eigenvalue weighted by atomic mass is 16.1. The van der Waals surface area contributed by atoms with Gasteiger partial charge in [0.15, 0.2) is 5.78 Å². The van der Waals surface area contributed by atoms with Gasteiger partial charge < -0.3 is 9.88 Å². The molecule has 20 heavy (non-hydrogen) atoms. The fraction of sp³-hybridized carbons (Fsp3) is 0.625. The molecule has 1 aliphatic rings. The van der Waals surface area contributed by atoms with Crippen molar-refractivity contribution in [2.24, 2.45) is 5.92 Å². The number of H-pyrrole nitrogens is 1. The van der Waals surface area contributed by atoms with Crippen LogP contribution < -0.4 is 4.90 Å². The van der Waals surface area contributed by atoms with E-state index in [0.29, 0.717) is 23.7 Å². The molecule has 2 N–H and O–H groups in total. The first-order valence-corrected chi connectivity index (χ1v) is 7.47. The van der Waals surface area contributed by atoms with Crippen molar-refractivity contribution >= 4 is 11.6 Å². The minimum Gasteiger partial charge on any atom is -0.355 e. The smallest absolute Gasteiger partial charge is 0.233 e. The number of piperidine rings is 1. The molecule has 0 radical (unpaired) electrons. The Morgan fingerprint density at radius 1 is 1.35 bits per heavy atom. The summed E-state index contributed by atoms with van der Waals surface area (Å²) in [7, 11) is 0. The number of aromatic nitrogens is 1. The second kappa shape index (κ2) is 5.92. The Morgan fingerprint density at radius 3 is 2.60 bits per heavy atom. The summed E-state index contributed by atoms with van der Waals surface area (Å²) in [5.41, 5.74) is 2.92. The van der Waals surface area contributed by atoms with E-state index >= 15 is 0 Å². The van der Waals surface area contributed by atoms with Crippen molar-refractivity contribution in [2.75, 3.05) is 19.6 Å². The third kappa shape index (κ3) is 3.01. The molecular weight excluding hydrogens is 252 g/mol. The average molecular weight is 277 g/mol. The summed E-state index contributed by atoms with van der Waals surface area (Å²) >= 11 is 0. The van der Waals surface area contributed by atoms with Crippen LogP contribution in [0.3, 0.4) is 0 Å². The molecule has 0 aromatic carbocycles. The lowest BCUT2D eigenvalue weighted by Gasteiger charge is -2.27. The van der Waals surface area contributed by atoms with Crippen LogP contribution in [0.25, 0.3) is 0 Å². The Bertz CT molecular complexity index is 531. The summed E-state index contributed by atoms with van der Waals surface area (Å²) in [6.07, 6.45) is 2.47. The van der Waals surface area contributed by atoms with Crippen molar-refractivity contribution in [3.8, 4) is 0 Å². The van der Waals surface area contributed by atoms with Gasteiger partial charge in [0.25, 0.3) is 0 Å². The standard InChI is InChI=1S/C16H24N2O2/c1-10-6-5-7-18(8-10)9-14(20)16-11(2)15(13(4)19)12(3)17-16/h10,17H,5-9H2,1-4H3/p+1/t10-/m0/s1. The van der Waals surface area contributed by atoms with Crippen molar-refractivity contribution in [3.63, 3.8) is 0 Å². The Balaban J connectivity index is 2.13. The van der Waals surface area contributed by atoms with Crippen LogP contribution >= 0.6 is 0 Å². The highest BCUT2D eigenvalue weighted by Gasteiger charge is 2.26. The van der Waals surface area contributed by atoms with Crippen LogP contribution in [0.15, 0.2) is 0 Å². The molecule has 4 nitrogen and oxygen atoms in total. The molecule has 1 aromatic heterocycles. The van der Waals surface area contributed by atoms with Crippen molar-refractivity contribution in [1.29, 1.82) is 0 Å². The summed E-state index contributed by atoms with van der Waals surface area (Å²) in [5.74, 6) is 0.849. The molecule has 2 heterocycles. The first-order valence-electron chi connectivity index (χ1n) is 7.47. The van der Waals surface area contributed by atoms with Gasteiger partial charge in [-0.05, 0) is 39.2 Å². The highest BCUT2D eigenvalue weighted by Crippen LogP contribution is 2.18. The zero-order valence-corrected chi connectivity index (χ0v) is 12.9. The van der Waals surface area contributed by atoms with E-state index in [-0.39, 0.29) is 11.6 Å². The Hall–Kier alpha value is -1.42. The number of carbonyl (C=O) groups excluding carboxylic acids is 2. The molecule has 2 atom stereocenters. The van der Waals surface area contributed by atoms with E-state index in [4.69, 9.17) is 0 Å². The number of hydrogen-bond donors (Lipinski definition) is 2. The van der Waals surface area contributed by atoms with Gasteiger partial charge in [-0.25, -0.2) is 0 Å². The third-order valence-electron chi connectivity index (χ3n) is 4.34. The largest absolute Gasteiger partial charge is 0.355 e. The predicted octanol–water partition coefficient (Wildman–Crippen LogP) is 1.33. The van der Waals surface area contributed by atoms with Crippen LogP contribution in [0.2, 0.25) is 0 Å². The van der Waals surface area contributed by atoms with Crippen molar-refractivity contribution in [1.82, 2.24) is 4.98 Å². The Kier molecular flexibility index (Phi) is 4.43. The van der Waals surface area contributed by atoms with Crippen LogP contribution in [0.5, 0.6) is 0 Å². The van der Waals surface area contributed by atoms with Crippen LogP contribution in [-0.2, 0) is 0 Å². The number of likely N-dealkylation sites (tertiary alicyclic amines) is 1. The van der Waals surface area contributed by atoms with E-state index < -0.39 is 0 Å². The Labute approximate surface area is 120 Å². The molecule has 1 aliphatic heterocycles. The van der Waals surface area contributed by atoms with Gasteiger partial charge >= 0.3 is 0 Å². The summed E-state index contributed by atoms with van der Waals surface area (Å²) in [6, 6.07) is 0. The predicted molar refractivity (Wildman–Crippen MR) is 78.6 cm³/mol. The number of Topliss-reactive ketones (excluding diaryl/α,β-unsaturated/α-hetero) is 2. The van der Waals surface area contributed by atoms with Gasteiger partial charge in [0.2, 0.25) is 5.78 Å². The number of rotatable bonds is 4. The van der Waals surface area contributed by atoms with E-state index in [1.54, 1.807) is 6.92 Å². The fourth-order valence-electron chi connectivity index (χ4n) is 3.43. The zero-order chi connectivity index (χ0) is 14.9. The average Bonchev–Trinajstić information content (AvgIpc) is 2.64. The minimum atomic E-state index is 0.0224. The lowest BCUT2D eigenvalue weighted by molar-refractivity contribution is -0.900. The maximum absolute atomic E-state index is 12.5. The topological polar surface area (TPSA) is 54.4 Å². The molecule has 0 spiro atoms. The normalized spacial score (nSPS) is 22.8.